The molecule has 0 aliphatic rings. The van der Waals surface area contributed by atoms with Crippen LogP contribution in [0.25, 0.3) is 0 Å². The van der Waals surface area contributed by atoms with Crippen molar-refractivity contribution < 1.29 is 0 Å². The van der Waals surface area contributed by atoms with E-state index in [1.165, 1.54) is 154 Å². The van der Waals surface area contributed by atoms with Gasteiger partial charge in [-0.25, -0.2) is 0 Å². The van der Waals surface area contributed by atoms with Crippen LogP contribution in [0.5, 0.6) is 0 Å². The highest BCUT2D eigenvalue weighted by atomic mass is 14.8. The van der Waals surface area contributed by atoms with E-state index in [4.69, 9.17) is 0 Å². The van der Waals surface area contributed by atoms with Crippen LogP contribution >= 0.6 is 0 Å². The summed E-state index contributed by atoms with van der Waals surface area (Å²) in [5, 5.41) is 3.64. The molecule has 1 N–H and O–H groups in total. The zero-order valence-corrected chi connectivity index (χ0v) is 22.5. The molecule has 0 aliphatic heterocycles. The second-order valence-corrected chi connectivity index (χ2v) is 9.87. The van der Waals surface area contributed by atoms with E-state index in [0.29, 0.717) is 0 Å². The second-order valence-electron chi connectivity index (χ2n) is 9.87. The van der Waals surface area contributed by atoms with Crippen molar-refractivity contribution in [3.8, 4) is 0 Å². The molecule has 0 aliphatic carbocycles. The third-order valence-electron chi connectivity index (χ3n) is 6.51. The van der Waals surface area contributed by atoms with Crippen molar-refractivity contribution in [3.05, 3.63) is 24.3 Å². The van der Waals surface area contributed by atoms with Crippen LogP contribution in [0.3, 0.4) is 0 Å². The van der Waals surface area contributed by atoms with Crippen molar-refractivity contribution in [2.45, 2.75) is 162 Å². The zero-order chi connectivity index (χ0) is 23.2. The van der Waals surface area contributed by atoms with E-state index in [1.54, 1.807) is 0 Å². The van der Waals surface area contributed by atoms with E-state index in [0.717, 1.165) is 6.42 Å². The average Bonchev–Trinajstić information content (AvgIpc) is 2.81. The predicted octanol–water partition coefficient (Wildman–Crippen LogP) is 10.7. The number of nitrogens with one attached hydrogen (secondary N) is 1. The first-order chi connectivity index (χ1) is 15.9. The summed E-state index contributed by atoms with van der Waals surface area (Å²) < 4.78 is 0. The maximum atomic E-state index is 3.64. The van der Waals surface area contributed by atoms with Gasteiger partial charge in [-0.05, 0) is 58.0 Å². The molecule has 0 fully saturated rings. The molecule has 0 heterocycles. The Morgan fingerprint density at radius 1 is 0.375 bits per heavy atom. The van der Waals surface area contributed by atoms with Crippen LogP contribution < -0.4 is 5.32 Å². The van der Waals surface area contributed by atoms with Gasteiger partial charge < -0.3 is 5.32 Å². The standard InChI is InChI=1S/C31H61N/c1-3-5-7-9-11-12-13-14-15-16-17-18-19-20-21-22-23-25-27-29-31-32-30-28-26-24-10-8-6-4-2/h11-12,14-15,32H,3-10,13,16-31H2,1-2H3. The Kier molecular flexibility index (Phi) is 29.9. The number of allylic oxidation sites excluding steroid dienone is 4. The van der Waals surface area contributed by atoms with E-state index in [2.05, 4.69) is 43.5 Å². The first kappa shape index (κ1) is 31.4. The van der Waals surface area contributed by atoms with E-state index in [9.17, 15) is 0 Å². The number of unbranched alkanes of at least 4 members (excludes halogenated alkanes) is 19. The van der Waals surface area contributed by atoms with Gasteiger partial charge in [0.15, 0.2) is 0 Å². The third-order valence-corrected chi connectivity index (χ3v) is 6.51. The fourth-order valence-corrected chi connectivity index (χ4v) is 4.28. The van der Waals surface area contributed by atoms with Crippen molar-refractivity contribution >= 4 is 0 Å². The van der Waals surface area contributed by atoms with Crippen molar-refractivity contribution in [1.29, 1.82) is 0 Å². The van der Waals surface area contributed by atoms with Crippen molar-refractivity contribution in [3.63, 3.8) is 0 Å². The Labute approximate surface area is 204 Å². The third kappa shape index (κ3) is 29.4. The molecule has 0 rings (SSSR count). The molecular formula is C31H61N. The highest BCUT2D eigenvalue weighted by Gasteiger charge is 1.94. The fraction of sp³-hybridized carbons (Fsp3) is 0.871. The lowest BCUT2D eigenvalue weighted by molar-refractivity contribution is 0.529. The maximum Gasteiger partial charge on any atom is -0.00489 e. The van der Waals surface area contributed by atoms with Crippen LogP contribution in [-0.4, -0.2) is 13.1 Å². The van der Waals surface area contributed by atoms with Crippen LogP contribution in [0.2, 0.25) is 0 Å². The maximum absolute atomic E-state index is 3.64. The monoisotopic (exact) mass is 447 g/mol. The molecule has 0 bridgehead atoms. The largest absolute Gasteiger partial charge is 0.317 e. The molecule has 190 valence electrons. The van der Waals surface area contributed by atoms with Crippen molar-refractivity contribution in [2.24, 2.45) is 0 Å². The van der Waals surface area contributed by atoms with E-state index in [-0.39, 0.29) is 0 Å². The molecule has 32 heavy (non-hydrogen) atoms. The van der Waals surface area contributed by atoms with Gasteiger partial charge in [-0.15, -0.1) is 0 Å². The molecule has 1 heteroatoms. The molecule has 0 aromatic rings. The van der Waals surface area contributed by atoms with Gasteiger partial charge in [0, 0.05) is 0 Å². The predicted molar refractivity (Wildman–Crippen MR) is 149 cm³/mol. The molecule has 0 spiro atoms. The molecule has 0 aromatic carbocycles. The molecule has 1 nitrogen and oxygen atoms in total. The lowest BCUT2D eigenvalue weighted by atomic mass is 10.1. The van der Waals surface area contributed by atoms with E-state index < -0.39 is 0 Å². The summed E-state index contributed by atoms with van der Waals surface area (Å²) in [5.74, 6) is 0. The molecule has 0 saturated carbocycles. The Hall–Kier alpha value is -0.560. The van der Waals surface area contributed by atoms with E-state index >= 15 is 0 Å². The molecule has 0 amide bonds. The molecule has 0 saturated heterocycles. The normalized spacial score (nSPS) is 11.9. The average molecular weight is 448 g/mol. The minimum absolute atomic E-state index is 1.13. The van der Waals surface area contributed by atoms with Gasteiger partial charge in [-0.1, -0.05) is 141 Å². The molecule has 0 unspecified atom stereocenters. The zero-order valence-electron chi connectivity index (χ0n) is 22.5. The SMILES string of the molecule is CCCCCC=CCC=CCCCCCCCCCCCCNCCCCCCCCC. The van der Waals surface area contributed by atoms with Crippen LogP contribution in [0.15, 0.2) is 24.3 Å². The van der Waals surface area contributed by atoms with Gasteiger partial charge in [0.05, 0.1) is 0 Å². The van der Waals surface area contributed by atoms with Crippen LogP contribution in [0, 0.1) is 0 Å². The van der Waals surface area contributed by atoms with Gasteiger partial charge in [-0.2, -0.15) is 0 Å². The molecular weight excluding hydrogens is 386 g/mol. The summed E-state index contributed by atoms with van der Waals surface area (Å²) in [6.45, 7) is 7.03. The van der Waals surface area contributed by atoms with E-state index in [1.807, 2.05) is 0 Å². The Balaban J connectivity index is 3.08. The van der Waals surface area contributed by atoms with Crippen molar-refractivity contribution in [1.82, 2.24) is 5.32 Å². The molecule has 0 atom stereocenters. The topological polar surface area (TPSA) is 12.0 Å². The van der Waals surface area contributed by atoms with Gasteiger partial charge in [0.25, 0.3) is 0 Å². The second kappa shape index (κ2) is 30.4. The molecule has 0 aromatic heterocycles. The van der Waals surface area contributed by atoms with Crippen LogP contribution in [-0.2, 0) is 0 Å². The minimum atomic E-state index is 1.13. The fourth-order valence-electron chi connectivity index (χ4n) is 4.28. The first-order valence-corrected chi connectivity index (χ1v) is 14.9. The Bertz CT molecular complexity index is 371. The Morgan fingerprint density at radius 3 is 1.19 bits per heavy atom. The number of hydrogen-bond acceptors (Lipinski definition) is 1. The molecule has 0 radical (unpaired) electrons. The first-order valence-electron chi connectivity index (χ1n) is 14.9. The number of rotatable bonds is 27. The summed E-state index contributed by atoms with van der Waals surface area (Å²) in [7, 11) is 0. The van der Waals surface area contributed by atoms with Gasteiger partial charge >= 0.3 is 0 Å². The lowest BCUT2D eigenvalue weighted by Gasteiger charge is -2.05. The smallest absolute Gasteiger partial charge is 0.00489 e. The summed E-state index contributed by atoms with van der Waals surface area (Å²) >= 11 is 0. The highest BCUT2D eigenvalue weighted by Crippen LogP contribution is 2.12. The minimum Gasteiger partial charge on any atom is -0.317 e. The summed E-state index contributed by atoms with van der Waals surface area (Å²) in [6, 6.07) is 0. The lowest BCUT2D eigenvalue weighted by Crippen LogP contribution is -2.16. The quantitative estimate of drug-likeness (QED) is 0.0974. The summed E-state index contributed by atoms with van der Waals surface area (Å²) in [4.78, 5) is 0. The van der Waals surface area contributed by atoms with Crippen LogP contribution in [0.4, 0.5) is 0 Å². The summed E-state index contributed by atoms with van der Waals surface area (Å²) in [5.41, 5.74) is 0. The van der Waals surface area contributed by atoms with Crippen molar-refractivity contribution in [2.75, 3.05) is 13.1 Å². The van der Waals surface area contributed by atoms with Crippen LogP contribution in [0.1, 0.15) is 162 Å². The Morgan fingerprint density at radius 2 is 0.719 bits per heavy atom. The summed E-state index contributed by atoms with van der Waals surface area (Å²) in [6.07, 6.45) is 41.3. The van der Waals surface area contributed by atoms with Gasteiger partial charge in [0.1, 0.15) is 0 Å². The highest BCUT2D eigenvalue weighted by molar-refractivity contribution is 4.92. The number of hydrogen-bond donors (Lipinski definition) is 1. The van der Waals surface area contributed by atoms with Gasteiger partial charge in [0.2, 0.25) is 0 Å². The van der Waals surface area contributed by atoms with Gasteiger partial charge in [-0.3, -0.25) is 0 Å².